The number of nitriles is 1. The molecule has 1 aromatic rings. The molecule has 0 aliphatic rings. The molecule has 0 bridgehead atoms. The summed E-state index contributed by atoms with van der Waals surface area (Å²) in [7, 11) is 0. The van der Waals surface area contributed by atoms with Gasteiger partial charge in [-0.05, 0) is 17.7 Å². The third-order valence-corrected chi connectivity index (χ3v) is 2.04. The van der Waals surface area contributed by atoms with Crippen LogP contribution in [-0.4, -0.2) is 31.5 Å². The summed E-state index contributed by atoms with van der Waals surface area (Å²) >= 11 is 0. The fraction of sp³-hybridized carbons (Fsp3) is 0.417. The van der Waals surface area contributed by atoms with Gasteiger partial charge in [0.25, 0.3) is 0 Å². The molecule has 2 N–H and O–H groups in total. The molecular formula is C12H16N2O2. The largest absolute Gasteiger partial charge is 0.394 e. The number of benzene rings is 1. The van der Waals surface area contributed by atoms with Gasteiger partial charge in [-0.25, -0.2) is 0 Å². The van der Waals surface area contributed by atoms with Crippen molar-refractivity contribution in [2.45, 2.75) is 6.54 Å². The summed E-state index contributed by atoms with van der Waals surface area (Å²) in [5, 5.41) is 20.4. The smallest absolute Gasteiger partial charge is 0.0991 e. The van der Waals surface area contributed by atoms with Crippen LogP contribution < -0.4 is 5.32 Å². The molecule has 0 heterocycles. The Balaban J connectivity index is 2.19. The van der Waals surface area contributed by atoms with Crippen molar-refractivity contribution in [3.63, 3.8) is 0 Å². The SMILES string of the molecule is N#Cc1cccc(CNCCOCCO)c1. The summed E-state index contributed by atoms with van der Waals surface area (Å²) in [5.41, 5.74) is 1.76. The Labute approximate surface area is 95.5 Å². The Morgan fingerprint density at radius 2 is 2.25 bits per heavy atom. The number of nitrogens with one attached hydrogen (secondary N) is 1. The number of aliphatic hydroxyl groups is 1. The van der Waals surface area contributed by atoms with Crippen LogP contribution in [0.15, 0.2) is 24.3 Å². The van der Waals surface area contributed by atoms with Crippen molar-refractivity contribution in [1.29, 1.82) is 5.26 Å². The molecule has 0 fully saturated rings. The summed E-state index contributed by atoms with van der Waals surface area (Å²) in [6, 6.07) is 9.60. The second-order valence-electron chi connectivity index (χ2n) is 3.32. The van der Waals surface area contributed by atoms with Crippen LogP contribution in [0.3, 0.4) is 0 Å². The Morgan fingerprint density at radius 3 is 3.00 bits per heavy atom. The first-order valence-electron chi connectivity index (χ1n) is 5.25. The van der Waals surface area contributed by atoms with Crippen LogP contribution in [0.25, 0.3) is 0 Å². The minimum absolute atomic E-state index is 0.0597. The minimum atomic E-state index is 0.0597. The van der Waals surface area contributed by atoms with E-state index in [9.17, 15) is 0 Å². The third-order valence-electron chi connectivity index (χ3n) is 2.04. The van der Waals surface area contributed by atoms with E-state index in [1.165, 1.54) is 0 Å². The molecule has 0 aliphatic heterocycles. The highest BCUT2D eigenvalue weighted by molar-refractivity contribution is 5.32. The van der Waals surface area contributed by atoms with E-state index in [0.29, 0.717) is 18.8 Å². The topological polar surface area (TPSA) is 65.3 Å². The number of hydrogen-bond donors (Lipinski definition) is 2. The van der Waals surface area contributed by atoms with Gasteiger partial charge in [0.15, 0.2) is 0 Å². The van der Waals surface area contributed by atoms with Gasteiger partial charge in [-0.3, -0.25) is 0 Å². The van der Waals surface area contributed by atoms with Crippen LogP contribution in [0.4, 0.5) is 0 Å². The lowest BCUT2D eigenvalue weighted by Gasteiger charge is -2.05. The highest BCUT2D eigenvalue weighted by Gasteiger charge is 1.94. The highest BCUT2D eigenvalue weighted by Crippen LogP contribution is 2.03. The Morgan fingerprint density at radius 1 is 1.38 bits per heavy atom. The number of aliphatic hydroxyl groups excluding tert-OH is 1. The molecule has 1 rings (SSSR count). The fourth-order valence-electron chi connectivity index (χ4n) is 1.29. The Bertz CT molecular complexity index is 347. The van der Waals surface area contributed by atoms with E-state index in [-0.39, 0.29) is 6.61 Å². The summed E-state index contributed by atoms with van der Waals surface area (Å²) < 4.78 is 5.10. The Hall–Kier alpha value is -1.41. The highest BCUT2D eigenvalue weighted by atomic mass is 16.5. The van der Waals surface area contributed by atoms with Crippen molar-refractivity contribution in [3.05, 3.63) is 35.4 Å². The molecule has 0 atom stereocenters. The summed E-state index contributed by atoms with van der Waals surface area (Å²) in [6.45, 7) is 2.48. The van der Waals surface area contributed by atoms with E-state index in [1.54, 1.807) is 6.07 Å². The van der Waals surface area contributed by atoms with Crippen LogP contribution in [0, 0.1) is 11.3 Å². The summed E-state index contributed by atoms with van der Waals surface area (Å²) in [4.78, 5) is 0. The first kappa shape index (κ1) is 12.7. The standard InChI is InChI=1S/C12H16N2O2/c13-9-11-2-1-3-12(8-11)10-14-4-6-16-7-5-15/h1-3,8,14-15H,4-7,10H2. The van der Waals surface area contributed by atoms with E-state index >= 15 is 0 Å². The zero-order chi connectivity index (χ0) is 11.6. The molecular weight excluding hydrogens is 204 g/mol. The molecule has 0 amide bonds. The monoisotopic (exact) mass is 220 g/mol. The molecule has 0 radical (unpaired) electrons. The number of ether oxygens (including phenoxy) is 1. The number of rotatable bonds is 7. The van der Waals surface area contributed by atoms with Gasteiger partial charge in [-0.1, -0.05) is 12.1 Å². The lowest BCUT2D eigenvalue weighted by atomic mass is 10.1. The van der Waals surface area contributed by atoms with Gasteiger partial charge in [0.1, 0.15) is 0 Å². The molecule has 16 heavy (non-hydrogen) atoms. The van der Waals surface area contributed by atoms with Gasteiger partial charge in [-0.2, -0.15) is 5.26 Å². The van der Waals surface area contributed by atoms with E-state index in [4.69, 9.17) is 15.1 Å². The zero-order valence-electron chi connectivity index (χ0n) is 9.15. The van der Waals surface area contributed by atoms with Crippen molar-refractivity contribution in [1.82, 2.24) is 5.32 Å². The Kier molecular flexibility index (Phi) is 6.19. The first-order valence-corrected chi connectivity index (χ1v) is 5.25. The van der Waals surface area contributed by atoms with E-state index < -0.39 is 0 Å². The van der Waals surface area contributed by atoms with Crippen molar-refractivity contribution < 1.29 is 9.84 Å². The van der Waals surface area contributed by atoms with Gasteiger partial charge in [-0.15, -0.1) is 0 Å². The van der Waals surface area contributed by atoms with Crippen molar-refractivity contribution >= 4 is 0 Å². The van der Waals surface area contributed by atoms with Gasteiger partial charge < -0.3 is 15.2 Å². The van der Waals surface area contributed by atoms with E-state index in [2.05, 4.69) is 11.4 Å². The predicted octanol–water partition coefficient (Wildman–Crippen LogP) is 0.657. The van der Waals surface area contributed by atoms with Gasteiger partial charge in [0.2, 0.25) is 0 Å². The van der Waals surface area contributed by atoms with Crippen LogP contribution in [0.5, 0.6) is 0 Å². The second kappa shape index (κ2) is 7.83. The number of nitrogens with zero attached hydrogens (tertiary/aromatic N) is 1. The van der Waals surface area contributed by atoms with Gasteiger partial charge >= 0.3 is 0 Å². The first-order chi connectivity index (χ1) is 7.86. The van der Waals surface area contributed by atoms with Crippen molar-refractivity contribution in [2.24, 2.45) is 0 Å². The lowest BCUT2D eigenvalue weighted by Crippen LogP contribution is -2.20. The molecule has 0 aromatic heterocycles. The molecule has 0 unspecified atom stereocenters. The van der Waals surface area contributed by atoms with E-state index in [1.807, 2.05) is 18.2 Å². The number of hydrogen-bond acceptors (Lipinski definition) is 4. The molecule has 86 valence electrons. The second-order valence-corrected chi connectivity index (χ2v) is 3.32. The average Bonchev–Trinajstić information content (AvgIpc) is 2.34. The summed E-state index contributed by atoms with van der Waals surface area (Å²) in [5.74, 6) is 0. The minimum Gasteiger partial charge on any atom is -0.394 e. The van der Waals surface area contributed by atoms with Crippen molar-refractivity contribution in [3.8, 4) is 6.07 Å². The molecule has 4 heteroatoms. The maximum absolute atomic E-state index is 8.72. The molecule has 0 spiro atoms. The van der Waals surface area contributed by atoms with Gasteiger partial charge in [0.05, 0.1) is 31.5 Å². The maximum atomic E-state index is 8.72. The van der Waals surface area contributed by atoms with Crippen LogP contribution in [0.2, 0.25) is 0 Å². The van der Waals surface area contributed by atoms with Crippen LogP contribution in [-0.2, 0) is 11.3 Å². The summed E-state index contributed by atoms with van der Waals surface area (Å²) in [6.07, 6.45) is 0. The molecule has 0 saturated carbocycles. The zero-order valence-corrected chi connectivity index (χ0v) is 9.15. The maximum Gasteiger partial charge on any atom is 0.0991 e. The van der Waals surface area contributed by atoms with Crippen LogP contribution >= 0.6 is 0 Å². The molecule has 4 nitrogen and oxygen atoms in total. The van der Waals surface area contributed by atoms with E-state index in [0.717, 1.165) is 18.7 Å². The average molecular weight is 220 g/mol. The molecule has 0 saturated heterocycles. The van der Waals surface area contributed by atoms with Gasteiger partial charge in [0, 0.05) is 13.1 Å². The van der Waals surface area contributed by atoms with Crippen LogP contribution in [0.1, 0.15) is 11.1 Å². The van der Waals surface area contributed by atoms with Crippen molar-refractivity contribution in [2.75, 3.05) is 26.4 Å². The normalized spacial score (nSPS) is 10.0. The fourth-order valence-corrected chi connectivity index (χ4v) is 1.29. The lowest BCUT2D eigenvalue weighted by molar-refractivity contribution is 0.0938. The predicted molar refractivity (Wildman–Crippen MR) is 60.8 cm³/mol. The molecule has 1 aromatic carbocycles. The quantitative estimate of drug-likeness (QED) is 0.662. The molecule has 0 aliphatic carbocycles. The third kappa shape index (κ3) is 4.89.